The van der Waals surface area contributed by atoms with Gasteiger partial charge in [0.15, 0.2) is 0 Å². The average molecular weight is 299 g/mol. The number of carbonyl (C=O) groups excluding carboxylic acids is 1. The van der Waals surface area contributed by atoms with Crippen LogP contribution in [0.5, 0.6) is 5.75 Å². The summed E-state index contributed by atoms with van der Waals surface area (Å²) in [5, 5.41) is 0. The van der Waals surface area contributed by atoms with E-state index in [0.29, 0.717) is 19.1 Å². The largest absolute Gasteiger partial charge is 0.493 e. The van der Waals surface area contributed by atoms with E-state index < -0.39 is 0 Å². The fourth-order valence-electron chi connectivity index (χ4n) is 2.42. The Morgan fingerprint density at radius 2 is 2.27 bits per heavy atom. The van der Waals surface area contributed by atoms with Gasteiger partial charge in [0.25, 0.3) is 0 Å². The summed E-state index contributed by atoms with van der Waals surface area (Å²) in [6.45, 7) is 3.77. The molecule has 3 rings (SSSR count). The Morgan fingerprint density at radius 3 is 3.00 bits per heavy atom. The van der Waals surface area contributed by atoms with E-state index in [1.54, 1.807) is 6.08 Å². The summed E-state index contributed by atoms with van der Waals surface area (Å²) in [4.78, 5) is 13.9. The van der Waals surface area contributed by atoms with E-state index in [1.807, 2.05) is 41.3 Å². The molecule has 1 aromatic rings. The molecule has 2 aliphatic heterocycles. The fraction of sp³-hybridized carbons (Fsp3) is 0.389. The molecule has 2 aliphatic rings. The van der Waals surface area contributed by atoms with Crippen molar-refractivity contribution in [3.05, 3.63) is 48.1 Å². The van der Waals surface area contributed by atoms with Gasteiger partial charge in [0.05, 0.1) is 19.8 Å². The van der Waals surface area contributed by atoms with Crippen LogP contribution in [0.15, 0.2) is 42.5 Å². The molecule has 2 heterocycles. The first kappa shape index (κ1) is 14.9. The van der Waals surface area contributed by atoms with Gasteiger partial charge < -0.3 is 14.4 Å². The lowest BCUT2D eigenvalue weighted by Crippen LogP contribution is -2.32. The van der Waals surface area contributed by atoms with Crippen LogP contribution in [0.25, 0.3) is 6.08 Å². The van der Waals surface area contributed by atoms with Gasteiger partial charge in [-0.15, -0.1) is 0 Å². The molecule has 1 amide bonds. The first-order valence-corrected chi connectivity index (χ1v) is 7.74. The second-order valence-electron chi connectivity index (χ2n) is 5.66. The van der Waals surface area contributed by atoms with Gasteiger partial charge >= 0.3 is 0 Å². The molecular formula is C18H21NO3. The minimum atomic E-state index is 0.0577. The van der Waals surface area contributed by atoms with E-state index in [4.69, 9.17) is 9.47 Å². The van der Waals surface area contributed by atoms with Crippen molar-refractivity contribution in [3.63, 3.8) is 0 Å². The standard InChI is InChI=1S/C18H21NO3/c20-18(19-9-2-1-3-10-19)8-7-15-5-4-6-17(11-15)22-14-16-12-21-13-16/h1-2,4-8,11,16H,3,9-10,12-14H2/b8-7+. The van der Waals surface area contributed by atoms with Crippen LogP contribution in [0.3, 0.4) is 0 Å². The van der Waals surface area contributed by atoms with Crippen molar-refractivity contribution < 1.29 is 14.3 Å². The van der Waals surface area contributed by atoms with E-state index in [1.165, 1.54) is 0 Å². The molecule has 1 fully saturated rings. The number of rotatable bonds is 5. The number of amides is 1. The van der Waals surface area contributed by atoms with Gasteiger partial charge in [0.1, 0.15) is 5.75 Å². The lowest BCUT2D eigenvalue weighted by molar-refractivity contribution is -0.125. The van der Waals surface area contributed by atoms with Gasteiger partial charge in [-0.3, -0.25) is 4.79 Å². The molecule has 0 spiro atoms. The van der Waals surface area contributed by atoms with Crippen molar-refractivity contribution in [2.75, 3.05) is 32.9 Å². The highest BCUT2D eigenvalue weighted by Crippen LogP contribution is 2.17. The molecule has 0 saturated carbocycles. The molecule has 0 radical (unpaired) electrons. The maximum absolute atomic E-state index is 12.1. The Bertz CT molecular complexity index is 575. The predicted molar refractivity (Wildman–Crippen MR) is 85.6 cm³/mol. The van der Waals surface area contributed by atoms with Gasteiger partial charge in [0, 0.05) is 25.1 Å². The van der Waals surface area contributed by atoms with Gasteiger partial charge in [-0.1, -0.05) is 24.3 Å². The van der Waals surface area contributed by atoms with Crippen molar-refractivity contribution in [1.29, 1.82) is 0 Å². The van der Waals surface area contributed by atoms with Crippen molar-refractivity contribution in [2.24, 2.45) is 5.92 Å². The highest BCUT2D eigenvalue weighted by molar-refractivity contribution is 5.92. The number of hydrogen-bond acceptors (Lipinski definition) is 3. The molecule has 0 aliphatic carbocycles. The van der Waals surface area contributed by atoms with E-state index in [0.717, 1.165) is 37.5 Å². The summed E-state index contributed by atoms with van der Waals surface area (Å²) in [6.07, 6.45) is 8.57. The minimum absolute atomic E-state index is 0.0577. The normalized spacial score (nSPS) is 18.5. The molecule has 22 heavy (non-hydrogen) atoms. The van der Waals surface area contributed by atoms with Crippen LogP contribution in [-0.4, -0.2) is 43.7 Å². The third kappa shape index (κ3) is 3.98. The summed E-state index contributed by atoms with van der Waals surface area (Å²) in [6, 6.07) is 7.81. The Hall–Kier alpha value is -2.07. The molecule has 0 N–H and O–H groups in total. The monoisotopic (exact) mass is 299 g/mol. The molecule has 0 aromatic heterocycles. The van der Waals surface area contributed by atoms with Crippen LogP contribution in [-0.2, 0) is 9.53 Å². The number of carbonyl (C=O) groups is 1. The highest BCUT2D eigenvalue weighted by Gasteiger charge is 2.18. The molecule has 1 saturated heterocycles. The Kier molecular flexibility index (Phi) is 4.91. The molecule has 0 atom stereocenters. The van der Waals surface area contributed by atoms with E-state index >= 15 is 0 Å². The van der Waals surface area contributed by atoms with Crippen LogP contribution >= 0.6 is 0 Å². The zero-order valence-electron chi connectivity index (χ0n) is 12.6. The second-order valence-corrected chi connectivity index (χ2v) is 5.66. The van der Waals surface area contributed by atoms with Gasteiger partial charge in [0.2, 0.25) is 5.91 Å². The van der Waals surface area contributed by atoms with Crippen LogP contribution < -0.4 is 4.74 Å². The van der Waals surface area contributed by atoms with Crippen LogP contribution in [0.1, 0.15) is 12.0 Å². The van der Waals surface area contributed by atoms with Gasteiger partial charge in [-0.2, -0.15) is 0 Å². The first-order chi connectivity index (χ1) is 10.8. The van der Waals surface area contributed by atoms with Crippen molar-refractivity contribution in [1.82, 2.24) is 4.90 Å². The van der Waals surface area contributed by atoms with Crippen molar-refractivity contribution in [2.45, 2.75) is 6.42 Å². The van der Waals surface area contributed by atoms with E-state index in [-0.39, 0.29) is 5.91 Å². The summed E-state index contributed by atoms with van der Waals surface area (Å²) in [7, 11) is 0. The summed E-state index contributed by atoms with van der Waals surface area (Å²) >= 11 is 0. The minimum Gasteiger partial charge on any atom is -0.493 e. The second kappa shape index (κ2) is 7.27. The molecular weight excluding hydrogens is 278 g/mol. The van der Waals surface area contributed by atoms with E-state index in [2.05, 4.69) is 6.08 Å². The maximum atomic E-state index is 12.1. The molecule has 4 heteroatoms. The lowest BCUT2D eigenvalue weighted by atomic mass is 10.1. The third-order valence-corrected chi connectivity index (χ3v) is 3.84. The molecule has 116 valence electrons. The third-order valence-electron chi connectivity index (χ3n) is 3.84. The summed E-state index contributed by atoms with van der Waals surface area (Å²) in [5.41, 5.74) is 0.975. The highest BCUT2D eigenvalue weighted by atomic mass is 16.5. The average Bonchev–Trinajstić information content (AvgIpc) is 2.52. The molecule has 1 aromatic carbocycles. The predicted octanol–water partition coefficient (Wildman–Crippen LogP) is 2.51. The quantitative estimate of drug-likeness (QED) is 0.619. The van der Waals surface area contributed by atoms with Crippen molar-refractivity contribution >= 4 is 12.0 Å². The zero-order chi connectivity index (χ0) is 15.2. The number of ether oxygens (including phenoxy) is 2. The van der Waals surface area contributed by atoms with Crippen LogP contribution in [0.4, 0.5) is 0 Å². The summed E-state index contributed by atoms with van der Waals surface area (Å²) in [5.74, 6) is 1.40. The Labute approximate surface area is 131 Å². The Morgan fingerprint density at radius 1 is 1.36 bits per heavy atom. The van der Waals surface area contributed by atoms with Crippen LogP contribution in [0, 0.1) is 5.92 Å². The Balaban J connectivity index is 1.55. The SMILES string of the molecule is O=C(/C=C/c1cccc(OCC2COC2)c1)N1CC=CCC1. The molecule has 0 unspecified atom stereocenters. The fourth-order valence-corrected chi connectivity index (χ4v) is 2.42. The smallest absolute Gasteiger partial charge is 0.246 e. The number of benzene rings is 1. The number of hydrogen-bond donors (Lipinski definition) is 0. The van der Waals surface area contributed by atoms with Gasteiger partial charge in [-0.05, 0) is 30.2 Å². The van der Waals surface area contributed by atoms with E-state index in [9.17, 15) is 4.79 Å². The van der Waals surface area contributed by atoms with Crippen LogP contribution in [0.2, 0.25) is 0 Å². The molecule has 0 bridgehead atoms. The maximum Gasteiger partial charge on any atom is 0.246 e. The first-order valence-electron chi connectivity index (χ1n) is 7.74. The summed E-state index contributed by atoms with van der Waals surface area (Å²) < 4.78 is 10.9. The zero-order valence-corrected chi connectivity index (χ0v) is 12.6. The topological polar surface area (TPSA) is 38.8 Å². The van der Waals surface area contributed by atoms with Crippen molar-refractivity contribution in [3.8, 4) is 5.75 Å². The molecule has 4 nitrogen and oxygen atoms in total. The van der Waals surface area contributed by atoms with Gasteiger partial charge in [-0.25, -0.2) is 0 Å². The lowest BCUT2D eigenvalue weighted by Gasteiger charge is -2.25. The number of nitrogens with zero attached hydrogens (tertiary/aromatic N) is 1.